The van der Waals surface area contributed by atoms with Crippen molar-refractivity contribution in [3.63, 3.8) is 0 Å². The first-order chi connectivity index (χ1) is 10.7. The van der Waals surface area contributed by atoms with Crippen LogP contribution in [0.2, 0.25) is 0 Å². The van der Waals surface area contributed by atoms with Crippen molar-refractivity contribution < 1.29 is 10.2 Å². The quantitative estimate of drug-likeness (QED) is 0.324. The zero-order chi connectivity index (χ0) is 16.5. The van der Waals surface area contributed by atoms with Gasteiger partial charge < -0.3 is 10.2 Å². The molecule has 0 bridgehead atoms. The van der Waals surface area contributed by atoms with Crippen molar-refractivity contribution >= 4 is 0 Å². The summed E-state index contributed by atoms with van der Waals surface area (Å²) in [4.78, 5) is 0. The minimum absolute atomic E-state index is 0.150. The lowest BCUT2D eigenvalue weighted by atomic mass is 10.0. The van der Waals surface area contributed by atoms with Gasteiger partial charge in [0.2, 0.25) is 0 Å². The van der Waals surface area contributed by atoms with E-state index in [-0.39, 0.29) is 12.2 Å². The first-order valence-electron chi connectivity index (χ1n) is 10.1. The SMILES string of the molecule is CCCCCCCCCCCCC(O)CCCC(O)CCC. The molecule has 2 atom stereocenters. The first-order valence-corrected chi connectivity index (χ1v) is 10.1. The van der Waals surface area contributed by atoms with Crippen LogP contribution in [0, 0.1) is 0 Å². The van der Waals surface area contributed by atoms with Gasteiger partial charge >= 0.3 is 0 Å². The lowest BCUT2D eigenvalue weighted by Crippen LogP contribution is -2.10. The number of rotatable bonds is 17. The van der Waals surface area contributed by atoms with Crippen molar-refractivity contribution in [3.8, 4) is 0 Å². The summed E-state index contributed by atoms with van der Waals surface area (Å²) < 4.78 is 0. The summed E-state index contributed by atoms with van der Waals surface area (Å²) in [7, 11) is 0. The zero-order valence-corrected chi connectivity index (χ0v) is 15.4. The Hall–Kier alpha value is -0.0800. The second-order valence-corrected chi connectivity index (χ2v) is 7.00. The average molecular weight is 315 g/mol. The predicted molar refractivity (Wildman–Crippen MR) is 97.2 cm³/mol. The van der Waals surface area contributed by atoms with Crippen molar-refractivity contribution in [2.75, 3.05) is 0 Å². The van der Waals surface area contributed by atoms with Crippen LogP contribution in [0.15, 0.2) is 0 Å². The molecule has 134 valence electrons. The molecule has 0 aromatic heterocycles. The summed E-state index contributed by atoms with van der Waals surface area (Å²) in [6, 6.07) is 0. The maximum Gasteiger partial charge on any atom is 0.0540 e. The Labute approximate surface area is 139 Å². The van der Waals surface area contributed by atoms with E-state index < -0.39 is 0 Å². The van der Waals surface area contributed by atoms with Crippen LogP contribution in [-0.2, 0) is 0 Å². The highest BCUT2D eigenvalue weighted by Gasteiger charge is 2.07. The van der Waals surface area contributed by atoms with Gasteiger partial charge in [-0.3, -0.25) is 0 Å². The van der Waals surface area contributed by atoms with Gasteiger partial charge in [-0.25, -0.2) is 0 Å². The summed E-state index contributed by atoms with van der Waals surface area (Å²) in [5.41, 5.74) is 0. The monoisotopic (exact) mass is 314 g/mol. The van der Waals surface area contributed by atoms with Crippen LogP contribution in [0.1, 0.15) is 117 Å². The number of aliphatic hydroxyl groups is 2. The molecule has 0 aliphatic rings. The molecule has 2 unspecified atom stereocenters. The van der Waals surface area contributed by atoms with Crippen LogP contribution in [0.5, 0.6) is 0 Å². The van der Waals surface area contributed by atoms with Crippen LogP contribution in [-0.4, -0.2) is 22.4 Å². The van der Waals surface area contributed by atoms with Gasteiger partial charge in [0.05, 0.1) is 12.2 Å². The van der Waals surface area contributed by atoms with E-state index in [1.165, 1.54) is 57.8 Å². The van der Waals surface area contributed by atoms with E-state index in [1.807, 2.05) is 0 Å². The third-order valence-corrected chi connectivity index (χ3v) is 4.59. The molecule has 0 aliphatic carbocycles. The molecular formula is C20H42O2. The summed E-state index contributed by atoms with van der Waals surface area (Å²) in [6.07, 6.45) is 18.7. The lowest BCUT2D eigenvalue weighted by Gasteiger charge is -2.12. The number of hydrogen-bond donors (Lipinski definition) is 2. The van der Waals surface area contributed by atoms with Crippen molar-refractivity contribution in [2.45, 2.75) is 129 Å². The fourth-order valence-electron chi connectivity index (χ4n) is 3.08. The Morgan fingerprint density at radius 2 is 0.864 bits per heavy atom. The third-order valence-electron chi connectivity index (χ3n) is 4.59. The lowest BCUT2D eigenvalue weighted by molar-refractivity contribution is 0.122. The highest BCUT2D eigenvalue weighted by atomic mass is 16.3. The average Bonchev–Trinajstić information content (AvgIpc) is 2.49. The van der Waals surface area contributed by atoms with Gasteiger partial charge in [-0.1, -0.05) is 84.5 Å². The molecule has 0 aromatic rings. The van der Waals surface area contributed by atoms with E-state index in [0.717, 1.165) is 44.9 Å². The Morgan fingerprint density at radius 1 is 0.455 bits per heavy atom. The Kier molecular flexibility index (Phi) is 17.2. The number of unbranched alkanes of at least 4 members (excludes halogenated alkanes) is 9. The van der Waals surface area contributed by atoms with E-state index in [0.29, 0.717) is 0 Å². The molecule has 0 heterocycles. The molecule has 0 spiro atoms. The summed E-state index contributed by atoms with van der Waals surface area (Å²) in [5, 5.41) is 19.6. The van der Waals surface area contributed by atoms with Crippen LogP contribution in [0.25, 0.3) is 0 Å². The van der Waals surface area contributed by atoms with Gasteiger partial charge in [0, 0.05) is 0 Å². The minimum atomic E-state index is -0.158. The standard InChI is InChI=1S/C20H42O2/c1-3-5-6-7-8-9-10-11-12-13-16-20(22)18-14-17-19(21)15-4-2/h19-22H,3-18H2,1-2H3. The predicted octanol–water partition coefficient (Wildman–Crippen LogP) is 5.99. The van der Waals surface area contributed by atoms with Gasteiger partial charge in [0.25, 0.3) is 0 Å². The van der Waals surface area contributed by atoms with Crippen molar-refractivity contribution in [1.29, 1.82) is 0 Å². The molecule has 0 fully saturated rings. The molecule has 2 nitrogen and oxygen atoms in total. The Balaban J connectivity index is 3.19. The molecule has 22 heavy (non-hydrogen) atoms. The molecule has 0 saturated heterocycles. The maximum atomic E-state index is 9.93. The molecular weight excluding hydrogens is 272 g/mol. The molecule has 2 N–H and O–H groups in total. The van der Waals surface area contributed by atoms with E-state index >= 15 is 0 Å². The van der Waals surface area contributed by atoms with Gasteiger partial charge in [0.1, 0.15) is 0 Å². The summed E-state index contributed by atoms with van der Waals surface area (Å²) in [5.74, 6) is 0. The molecule has 0 saturated carbocycles. The summed E-state index contributed by atoms with van der Waals surface area (Å²) >= 11 is 0. The van der Waals surface area contributed by atoms with Gasteiger partial charge in [-0.15, -0.1) is 0 Å². The fourth-order valence-corrected chi connectivity index (χ4v) is 3.08. The zero-order valence-electron chi connectivity index (χ0n) is 15.4. The van der Waals surface area contributed by atoms with Crippen LogP contribution < -0.4 is 0 Å². The van der Waals surface area contributed by atoms with E-state index in [2.05, 4.69) is 13.8 Å². The third kappa shape index (κ3) is 16.3. The van der Waals surface area contributed by atoms with Crippen LogP contribution in [0.4, 0.5) is 0 Å². The molecule has 0 amide bonds. The minimum Gasteiger partial charge on any atom is -0.393 e. The molecule has 0 aromatic carbocycles. The summed E-state index contributed by atoms with van der Waals surface area (Å²) in [6.45, 7) is 4.37. The van der Waals surface area contributed by atoms with E-state index in [1.54, 1.807) is 0 Å². The first kappa shape index (κ1) is 21.9. The van der Waals surface area contributed by atoms with Crippen molar-refractivity contribution in [2.24, 2.45) is 0 Å². The Bertz CT molecular complexity index is 206. The van der Waals surface area contributed by atoms with Crippen LogP contribution in [0.3, 0.4) is 0 Å². The van der Waals surface area contributed by atoms with Gasteiger partial charge in [0.15, 0.2) is 0 Å². The largest absolute Gasteiger partial charge is 0.393 e. The van der Waals surface area contributed by atoms with Gasteiger partial charge in [-0.05, 0) is 32.1 Å². The van der Waals surface area contributed by atoms with Crippen molar-refractivity contribution in [3.05, 3.63) is 0 Å². The molecule has 2 heteroatoms. The highest BCUT2D eigenvalue weighted by molar-refractivity contribution is 4.60. The Morgan fingerprint density at radius 3 is 1.36 bits per heavy atom. The smallest absolute Gasteiger partial charge is 0.0540 e. The second-order valence-electron chi connectivity index (χ2n) is 7.00. The fraction of sp³-hybridized carbons (Fsp3) is 1.00. The van der Waals surface area contributed by atoms with Crippen LogP contribution >= 0.6 is 0 Å². The van der Waals surface area contributed by atoms with E-state index in [9.17, 15) is 10.2 Å². The second kappa shape index (κ2) is 17.3. The van der Waals surface area contributed by atoms with Gasteiger partial charge in [-0.2, -0.15) is 0 Å². The normalized spacial score (nSPS) is 14.2. The molecule has 0 radical (unpaired) electrons. The molecule has 0 rings (SSSR count). The number of hydrogen-bond acceptors (Lipinski definition) is 2. The molecule has 0 aliphatic heterocycles. The van der Waals surface area contributed by atoms with E-state index in [4.69, 9.17) is 0 Å². The highest BCUT2D eigenvalue weighted by Crippen LogP contribution is 2.15. The maximum absolute atomic E-state index is 9.93. The topological polar surface area (TPSA) is 40.5 Å². The number of aliphatic hydroxyl groups excluding tert-OH is 2. The van der Waals surface area contributed by atoms with Crippen molar-refractivity contribution in [1.82, 2.24) is 0 Å².